The Morgan fingerprint density at radius 3 is 2.81 bits per heavy atom. The second kappa shape index (κ2) is 9.69. The van der Waals surface area contributed by atoms with E-state index in [9.17, 15) is 9.59 Å². The average molecular weight is 455 g/mol. The number of methoxy groups -OCH3 is 2. The molecule has 166 valence electrons. The van der Waals surface area contributed by atoms with Crippen LogP contribution in [0.25, 0.3) is 10.6 Å². The summed E-state index contributed by atoms with van der Waals surface area (Å²) in [6.07, 6.45) is 0.0702. The van der Waals surface area contributed by atoms with Crippen molar-refractivity contribution >= 4 is 28.9 Å². The van der Waals surface area contributed by atoms with Gasteiger partial charge in [0.1, 0.15) is 17.4 Å². The number of para-hydroxylation sites is 3. The van der Waals surface area contributed by atoms with Gasteiger partial charge in [-0.2, -0.15) is 0 Å². The predicted octanol–water partition coefficient (Wildman–Crippen LogP) is 3.69. The van der Waals surface area contributed by atoms with Gasteiger partial charge >= 0.3 is 5.97 Å². The van der Waals surface area contributed by atoms with Gasteiger partial charge in [-0.3, -0.25) is 9.59 Å². The number of carbonyl (C=O) groups excluding carboxylic acids is 2. The van der Waals surface area contributed by atoms with Gasteiger partial charge < -0.3 is 23.8 Å². The van der Waals surface area contributed by atoms with Gasteiger partial charge in [0.15, 0.2) is 18.1 Å². The lowest BCUT2D eigenvalue weighted by Gasteiger charge is -2.28. The highest BCUT2D eigenvalue weighted by Gasteiger charge is 2.25. The fourth-order valence-corrected chi connectivity index (χ4v) is 4.21. The molecule has 0 fully saturated rings. The summed E-state index contributed by atoms with van der Waals surface area (Å²) < 4.78 is 21.6. The third kappa shape index (κ3) is 4.52. The first kappa shape index (κ1) is 21.6. The van der Waals surface area contributed by atoms with Gasteiger partial charge in [0.2, 0.25) is 0 Å². The number of amides is 1. The number of ether oxygens (including phenoxy) is 4. The number of hydrogen-bond donors (Lipinski definition) is 0. The summed E-state index contributed by atoms with van der Waals surface area (Å²) in [4.78, 5) is 30.6. The van der Waals surface area contributed by atoms with Crippen molar-refractivity contribution in [2.24, 2.45) is 0 Å². The number of nitrogens with zero attached hydrogens (tertiary/aromatic N) is 2. The lowest BCUT2D eigenvalue weighted by atomic mass is 10.2. The molecule has 0 N–H and O–H groups in total. The molecule has 1 aromatic heterocycles. The van der Waals surface area contributed by atoms with Crippen LogP contribution < -0.4 is 19.1 Å². The molecule has 0 radical (unpaired) electrons. The summed E-state index contributed by atoms with van der Waals surface area (Å²) in [5, 5.41) is 2.57. The largest absolute Gasteiger partial charge is 0.493 e. The molecule has 1 aliphatic heterocycles. The first-order valence-corrected chi connectivity index (χ1v) is 10.8. The molecule has 0 saturated carbocycles. The van der Waals surface area contributed by atoms with Crippen molar-refractivity contribution in [3.8, 4) is 27.8 Å². The molecule has 0 unspecified atom stereocenters. The van der Waals surface area contributed by atoms with Gasteiger partial charge in [-0.05, 0) is 24.3 Å². The summed E-state index contributed by atoms with van der Waals surface area (Å²) in [6, 6.07) is 12.8. The molecule has 2 aromatic carbocycles. The molecule has 32 heavy (non-hydrogen) atoms. The van der Waals surface area contributed by atoms with E-state index in [1.165, 1.54) is 11.3 Å². The van der Waals surface area contributed by atoms with Crippen LogP contribution in [0.5, 0.6) is 17.2 Å². The van der Waals surface area contributed by atoms with Crippen LogP contribution in [-0.2, 0) is 20.9 Å². The van der Waals surface area contributed by atoms with Crippen molar-refractivity contribution in [2.45, 2.75) is 13.0 Å². The first-order valence-electron chi connectivity index (χ1n) is 9.94. The molecular formula is C23H22N2O6S. The lowest BCUT2D eigenvalue weighted by Crippen LogP contribution is -2.40. The topological polar surface area (TPSA) is 87.2 Å². The van der Waals surface area contributed by atoms with Gasteiger partial charge in [0.05, 0.1) is 37.6 Å². The molecule has 2 heterocycles. The Morgan fingerprint density at radius 2 is 2.00 bits per heavy atom. The Bertz CT molecular complexity index is 1130. The van der Waals surface area contributed by atoms with Crippen molar-refractivity contribution in [1.29, 1.82) is 0 Å². The monoisotopic (exact) mass is 454 g/mol. The summed E-state index contributed by atoms with van der Waals surface area (Å²) in [6.45, 7) is 0.234. The lowest BCUT2D eigenvalue weighted by molar-refractivity contribution is -0.144. The molecule has 8 nitrogen and oxygen atoms in total. The Kier molecular flexibility index (Phi) is 6.55. The number of esters is 1. The van der Waals surface area contributed by atoms with Crippen molar-refractivity contribution in [3.05, 3.63) is 53.5 Å². The third-order valence-corrected chi connectivity index (χ3v) is 5.84. The van der Waals surface area contributed by atoms with E-state index in [1.807, 2.05) is 35.7 Å². The highest BCUT2D eigenvalue weighted by Crippen LogP contribution is 2.39. The van der Waals surface area contributed by atoms with Gasteiger partial charge in [-0.1, -0.05) is 18.2 Å². The van der Waals surface area contributed by atoms with E-state index in [4.69, 9.17) is 18.9 Å². The zero-order valence-corrected chi connectivity index (χ0v) is 18.5. The van der Waals surface area contributed by atoms with Crippen LogP contribution in [0.2, 0.25) is 0 Å². The summed E-state index contributed by atoms with van der Waals surface area (Å²) in [7, 11) is 3.16. The van der Waals surface area contributed by atoms with E-state index in [1.54, 1.807) is 31.3 Å². The average Bonchev–Trinajstić information content (AvgIpc) is 3.30. The molecule has 3 aromatic rings. The minimum atomic E-state index is -0.407. The number of carbonyl (C=O) groups is 2. The second-order valence-corrected chi connectivity index (χ2v) is 7.76. The Morgan fingerprint density at radius 1 is 1.16 bits per heavy atom. The van der Waals surface area contributed by atoms with E-state index >= 15 is 0 Å². The second-order valence-electron chi connectivity index (χ2n) is 6.90. The normalized spacial score (nSPS) is 12.7. The molecule has 0 aliphatic carbocycles. The number of fused-ring (bicyclic) bond motifs is 1. The van der Waals surface area contributed by atoms with Crippen LogP contribution in [0.3, 0.4) is 0 Å². The highest BCUT2D eigenvalue weighted by atomic mass is 32.1. The number of benzene rings is 2. The van der Waals surface area contributed by atoms with E-state index < -0.39 is 5.97 Å². The Balaban J connectivity index is 1.35. The summed E-state index contributed by atoms with van der Waals surface area (Å²) in [5.41, 5.74) is 2.10. The minimum absolute atomic E-state index is 0.0403. The maximum Gasteiger partial charge on any atom is 0.307 e. The quantitative estimate of drug-likeness (QED) is 0.480. The standard InChI is InChI=1S/C23H22N2O6S/c1-28-19-9-5-6-16(22(19)29-2)23-24-15(14-32-23)12-31-21(27)10-11-25-17-7-3-4-8-18(17)30-13-20(25)26/h3-9,14H,10-13H2,1-2H3. The number of rotatable bonds is 8. The maximum atomic E-state index is 12.3. The zero-order chi connectivity index (χ0) is 22.5. The van der Waals surface area contributed by atoms with Gasteiger partial charge in [0.25, 0.3) is 5.91 Å². The Hall–Kier alpha value is -3.59. The van der Waals surface area contributed by atoms with Gasteiger partial charge in [-0.15, -0.1) is 11.3 Å². The molecule has 1 amide bonds. The fourth-order valence-electron chi connectivity index (χ4n) is 3.38. The van der Waals surface area contributed by atoms with Crippen molar-refractivity contribution < 1.29 is 28.5 Å². The molecule has 0 bridgehead atoms. The maximum absolute atomic E-state index is 12.3. The Labute approximate surface area is 189 Å². The molecular weight excluding hydrogens is 432 g/mol. The number of aromatic nitrogens is 1. The van der Waals surface area contributed by atoms with Crippen LogP contribution in [0.4, 0.5) is 5.69 Å². The number of thiazole rings is 1. The zero-order valence-electron chi connectivity index (χ0n) is 17.7. The van der Waals surface area contributed by atoms with Crippen LogP contribution in [0, 0.1) is 0 Å². The number of anilines is 1. The van der Waals surface area contributed by atoms with E-state index in [2.05, 4.69) is 4.98 Å². The van der Waals surface area contributed by atoms with Crippen LogP contribution in [0.15, 0.2) is 47.8 Å². The fraction of sp³-hybridized carbons (Fsp3) is 0.261. The highest BCUT2D eigenvalue weighted by molar-refractivity contribution is 7.13. The molecule has 0 spiro atoms. The van der Waals surface area contributed by atoms with E-state index in [0.717, 1.165) is 10.6 Å². The van der Waals surface area contributed by atoms with Crippen LogP contribution in [0.1, 0.15) is 12.1 Å². The molecule has 1 aliphatic rings. The van der Waals surface area contributed by atoms with Gasteiger partial charge in [-0.25, -0.2) is 4.98 Å². The van der Waals surface area contributed by atoms with Gasteiger partial charge in [0, 0.05) is 11.9 Å². The first-order chi connectivity index (χ1) is 15.6. The van der Waals surface area contributed by atoms with Crippen LogP contribution in [-0.4, -0.2) is 44.2 Å². The summed E-state index contributed by atoms with van der Waals surface area (Å²) in [5.74, 6) is 1.25. The molecule has 9 heteroatoms. The smallest absolute Gasteiger partial charge is 0.307 e. The van der Waals surface area contributed by atoms with Crippen molar-refractivity contribution in [3.63, 3.8) is 0 Å². The van der Waals surface area contributed by atoms with E-state index in [-0.39, 0.29) is 32.1 Å². The SMILES string of the molecule is COc1cccc(-c2nc(COC(=O)CCN3C(=O)COc4ccccc43)cs2)c1OC. The molecule has 0 atom stereocenters. The van der Waals surface area contributed by atoms with Crippen LogP contribution >= 0.6 is 11.3 Å². The minimum Gasteiger partial charge on any atom is -0.493 e. The number of hydrogen-bond acceptors (Lipinski definition) is 8. The van der Waals surface area contributed by atoms with Crippen molar-refractivity contribution in [1.82, 2.24) is 4.98 Å². The van der Waals surface area contributed by atoms with E-state index in [0.29, 0.717) is 28.6 Å². The summed E-state index contributed by atoms with van der Waals surface area (Å²) >= 11 is 1.43. The molecule has 0 saturated heterocycles. The van der Waals surface area contributed by atoms with Crippen molar-refractivity contribution in [2.75, 3.05) is 32.3 Å². The third-order valence-electron chi connectivity index (χ3n) is 4.91. The predicted molar refractivity (Wildman–Crippen MR) is 119 cm³/mol. The molecule has 4 rings (SSSR count).